The van der Waals surface area contributed by atoms with Crippen LogP contribution in [0, 0.1) is 11.3 Å². The van der Waals surface area contributed by atoms with Crippen molar-refractivity contribution in [2.45, 2.75) is 40.0 Å². The largest absolute Gasteiger partial charge is 0.478 e. The van der Waals surface area contributed by atoms with Gasteiger partial charge < -0.3 is 5.11 Å². The van der Waals surface area contributed by atoms with E-state index in [2.05, 4.69) is 36.7 Å². The van der Waals surface area contributed by atoms with Crippen LogP contribution in [0.3, 0.4) is 0 Å². The molecule has 1 N–H and O–H groups in total. The highest BCUT2D eigenvalue weighted by Crippen LogP contribution is 2.39. The van der Waals surface area contributed by atoms with Gasteiger partial charge in [0.25, 0.3) is 0 Å². The van der Waals surface area contributed by atoms with Gasteiger partial charge in [0, 0.05) is 15.6 Å². The number of pyridine rings is 1. The van der Waals surface area contributed by atoms with E-state index in [9.17, 15) is 9.90 Å². The topological polar surface area (TPSA) is 50.2 Å². The number of aromatic carboxylic acids is 1. The van der Waals surface area contributed by atoms with Gasteiger partial charge in [-0.2, -0.15) is 0 Å². The molecule has 3 nitrogen and oxygen atoms in total. The SMILES string of the molecule is CC(C)(C)C1CCc2nc3ccc(Br)cc3c(C(=O)O)c2C1. The van der Waals surface area contributed by atoms with Gasteiger partial charge in [-0.1, -0.05) is 36.7 Å². The number of rotatable bonds is 1. The van der Waals surface area contributed by atoms with E-state index < -0.39 is 5.97 Å². The highest BCUT2D eigenvalue weighted by molar-refractivity contribution is 9.10. The monoisotopic (exact) mass is 361 g/mol. The molecule has 1 atom stereocenters. The van der Waals surface area contributed by atoms with E-state index in [0.29, 0.717) is 11.5 Å². The zero-order chi connectivity index (χ0) is 16.1. The first kappa shape index (κ1) is 15.5. The maximum absolute atomic E-state index is 11.9. The van der Waals surface area contributed by atoms with Crippen molar-refractivity contribution >= 4 is 32.8 Å². The second-order valence-corrected chi connectivity index (χ2v) is 8.10. The molecule has 0 radical (unpaired) electrons. The van der Waals surface area contributed by atoms with Gasteiger partial charge in [-0.3, -0.25) is 4.98 Å². The number of fused-ring (bicyclic) bond motifs is 2. The summed E-state index contributed by atoms with van der Waals surface area (Å²) in [6.45, 7) is 6.69. The van der Waals surface area contributed by atoms with Gasteiger partial charge in [-0.05, 0) is 54.4 Å². The first-order valence-corrected chi connectivity index (χ1v) is 8.41. The van der Waals surface area contributed by atoms with E-state index in [-0.39, 0.29) is 5.41 Å². The summed E-state index contributed by atoms with van der Waals surface area (Å²) in [5.41, 5.74) is 3.29. The molecule has 0 saturated heterocycles. The first-order chi connectivity index (χ1) is 10.3. The van der Waals surface area contributed by atoms with Gasteiger partial charge in [0.05, 0.1) is 11.1 Å². The fourth-order valence-electron chi connectivity index (χ4n) is 3.40. The molecule has 2 aromatic rings. The molecule has 0 saturated carbocycles. The predicted molar refractivity (Wildman–Crippen MR) is 91.4 cm³/mol. The van der Waals surface area contributed by atoms with E-state index in [4.69, 9.17) is 4.98 Å². The van der Waals surface area contributed by atoms with Crippen LogP contribution in [-0.2, 0) is 12.8 Å². The molecule has 1 aromatic carbocycles. The summed E-state index contributed by atoms with van der Waals surface area (Å²) >= 11 is 3.43. The summed E-state index contributed by atoms with van der Waals surface area (Å²) in [5.74, 6) is -0.360. The van der Waals surface area contributed by atoms with Gasteiger partial charge in [-0.15, -0.1) is 0 Å². The highest BCUT2D eigenvalue weighted by atomic mass is 79.9. The lowest BCUT2D eigenvalue weighted by Gasteiger charge is -2.35. The normalized spacial score (nSPS) is 18.3. The number of benzene rings is 1. The Balaban J connectivity index is 2.24. The Bertz CT molecular complexity index is 762. The van der Waals surface area contributed by atoms with Crippen LogP contribution in [0.1, 0.15) is 48.8 Å². The fourth-order valence-corrected chi connectivity index (χ4v) is 3.76. The molecule has 1 aliphatic carbocycles. The third-order valence-corrected chi connectivity index (χ3v) is 5.25. The number of aromatic nitrogens is 1. The molecule has 22 heavy (non-hydrogen) atoms. The summed E-state index contributed by atoms with van der Waals surface area (Å²) in [4.78, 5) is 16.6. The molecule has 1 aliphatic rings. The Morgan fingerprint density at radius 3 is 2.73 bits per heavy atom. The number of carboxylic acid groups (broad SMARTS) is 1. The summed E-state index contributed by atoms with van der Waals surface area (Å²) in [6, 6.07) is 5.67. The summed E-state index contributed by atoms with van der Waals surface area (Å²) < 4.78 is 0.882. The Hall–Kier alpha value is -1.42. The van der Waals surface area contributed by atoms with Crippen molar-refractivity contribution in [3.05, 3.63) is 39.5 Å². The molecule has 0 aliphatic heterocycles. The van der Waals surface area contributed by atoms with Crippen LogP contribution >= 0.6 is 15.9 Å². The Labute approximate surface area is 138 Å². The van der Waals surface area contributed by atoms with Crippen molar-refractivity contribution in [2.24, 2.45) is 11.3 Å². The van der Waals surface area contributed by atoms with Crippen LogP contribution in [0.15, 0.2) is 22.7 Å². The van der Waals surface area contributed by atoms with Crippen LogP contribution < -0.4 is 0 Å². The number of halogens is 1. The third-order valence-electron chi connectivity index (χ3n) is 4.75. The molecule has 0 fully saturated rings. The Kier molecular flexibility index (Phi) is 3.76. The standard InChI is InChI=1S/C18H20BrNO2/c1-18(2,3)10-4-6-14-12(8-10)16(17(21)22)13-9-11(19)5-7-15(13)20-14/h5,7,9-10H,4,6,8H2,1-3H3,(H,21,22). The number of carboxylic acids is 1. The van der Waals surface area contributed by atoms with E-state index in [1.807, 2.05) is 18.2 Å². The number of nitrogens with zero attached hydrogens (tertiary/aromatic N) is 1. The van der Waals surface area contributed by atoms with Crippen molar-refractivity contribution in [3.8, 4) is 0 Å². The lowest BCUT2D eigenvalue weighted by Crippen LogP contribution is -2.29. The fraction of sp³-hybridized carbons (Fsp3) is 0.444. The van der Waals surface area contributed by atoms with Gasteiger partial charge in [-0.25, -0.2) is 4.79 Å². The molecular formula is C18H20BrNO2. The van der Waals surface area contributed by atoms with Crippen molar-refractivity contribution in [1.82, 2.24) is 4.98 Å². The average molecular weight is 362 g/mol. The van der Waals surface area contributed by atoms with Gasteiger partial charge >= 0.3 is 5.97 Å². The van der Waals surface area contributed by atoms with E-state index in [1.54, 1.807) is 0 Å². The Morgan fingerprint density at radius 1 is 1.36 bits per heavy atom. The van der Waals surface area contributed by atoms with Crippen LogP contribution in [0.5, 0.6) is 0 Å². The minimum Gasteiger partial charge on any atom is -0.478 e. The molecule has 1 unspecified atom stereocenters. The maximum Gasteiger partial charge on any atom is 0.336 e. The number of hydrogen-bond donors (Lipinski definition) is 1. The smallest absolute Gasteiger partial charge is 0.336 e. The zero-order valence-electron chi connectivity index (χ0n) is 13.1. The summed E-state index contributed by atoms with van der Waals surface area (Å²) in [7, 11) is 0. The van der Waals surface area contributed by atoms with Crippen molar-refractivity contribution < 1.29 is 9.90 Å². The lowest BCUT2D eigenvalue weighted by atomic mass is 9.70. The molecule has 0 spiro atoms. The van der Waals surface area contributed by atoms with Crippen molar-refractivity contribution in [1.29, 1.82) is 0 Å². The number of carbonyl (C=O) groups is 1. The highest BCUT2D eigenvalue weighted by Gasteiger charge is 2.32. The van der Waals surface area contributed by atoms with E-state index >= 15 is 0 Å². The second kappa shape index (κ2) is 5.34. The minimum atomic E-state index is -0.851. The van der Waals surface area contributed by atoms with Crippen molar-refractivity contribution in [3.63, 3.8) is 0 Å². The molecule has 4 heteroatoms. The molecule has 1 aromatic heterocycles. The van der Waals surface area contributed by atoms with Crippen LogP contribution in [-0.4, -0.2) is 16.1 Å². The first-order valence-electron chi connectivity index (χ1n) is 7.61. The predicted octanol–water partition coefficient (Wildman–Crippen LogP) is 4.85. The zero-order valence-corrected chi connectivity index (χ0v) is 14.7. The third kappa shape index (κ3) is 2.65. The molecule has 1 heterocycles. The molecule has 0 amide bonds. The van der Waals surface area contributed by atoms with Crippen molar-refractivity contribution in [2.75, 3.05) is 0 Å². The second-order valence-electron chi connectivity index (χ2n) is 7.18. The van der Waals surface area contributed by atoms with Crippen LogP contribution in [0.4, 0.5) is 0 Å². The number of hydrogen-bond acceptors (Lipinski definition) is 2. The average Bonchev–Trinajstić information content (AvgIpc) is 2.42. The molecule has 116 valence electrons. The van der Waals surface area contributed by atoms with Gasteiger partial charge in [0.2, 0.25) is 0 Å². The molecule has 0 bridgehead atoms. The summed E-state index contributed by atoms with van der Waals surface area (Å²) in [6.07, 6.45) is 2.74. The maximum atomic E-state index is 11.9. The minimum absolute atomic E-state index is 0.180. The van der Waals surface area contributed by atoms with Gasteiger partial charge in [0.1, 0.15) is 0 Å². The Morgan fingerprint density at radius 2 is 2.09 bits per heavy atom. The number of aryl methyl sites for hydroxylation is 1. The van der Waals surface area contributed by atoms with E-state index in [0.717, 1.165) is 45.9 Å². The van der Waals surface area contributed by atoms with Crippen LogP contribution in [0.2, 0.25) is 0 Å². The van der Waals surface area contributed by atoms with E-state index in [1.165, 1.54) is 0 Å². The summed E-state index contributed by atoms with van der Waals surface area (Å²) in [5, 5.41) is 10.5. The lowest BCUT2D eigenvalue weighted by molar-refractivity contribution is 0.0696. The molecule has 3 rings (SSSR count). The quantitative estimate of drug-likeness (QED) is 0.789. The molecular weight excluding hydrogens is 342 g/mol. The van der Waals surface area contributed by atoms with Crippen LogP contribution in [0.25, 0.3) is 10.9 Å². The van der Waals surface area contributed by atoms with Gasteiger partial charge in [0.15, 0.2) is 0 Å².